The van der Waals surface area contributed by atoms with Gasteiger partial charge in [-0.05, 0) is 44.4 Å². The molecule has 9 rings (SSSR count). The van der Waals surface area contributed by atoms with E-state index < -0.39 is 28.9 Å². The van der Waals surface area contributed by atoms with Crippen molar-refractivity contribution in [3.8, 4) is 17.3 Å². The Labute approximate surface area is 271 Å². The van der Waals surface area contributed by atoms with E-state index in [0.717, 1.165) is 43.6 Å². The number of anilines is 2. The smallest absolute Gasteiger partial charge is 0.319 e. The quantitative estimate of drug-likeness (QED) is 0.303. The van der Waals surface area contributed by atoms with E-state index in [0.29, 0.717) is 45.1 Å². The molecule has 5 aliphatic heterocycles. The molecule has 0 saturated carbocycles. The first kappa shape index (κ1) is 29.6. The fourth-order valence-electron chi connectivity index (χ4n) is 8.54. The number of fused-ring (bicyclic) bond motifs is 5. The standard InChI is InChI=1S/C32H35F3N8O3S/c33-17-8-32(6-1-7-41(32)12-17)15-46-31-39-25-22(28(40-31)43-18-2-3-19(43)10-37-9-18)29(44)42(11-16-13-45-14-16)26(23(25)35)20-4-5-21(34)27-24(20)38-30(36)47-27/h4-5,16-19,37H,1-3,6-15H2,(H2,36,38)/t17-,18?,19?,32+/m1/s1. The molecule has 8 heterocycles. The van der Waals surface area contributed by atoms with Gasteiger partial charge in [0.25, 0.3) is 5.56 Å². The number of alkyl halides is 1. The molecular weight excluding hydrogens is 633 g/mol. The fraction of sp³-hybridized carbons (Fsp3) is 0.562. The highest BCUT2D eigenvalue weighted by molar-refractivity contribution is 7.22. The Morgan fingerprint density at radius 3 is 2.70 bits per heavy atom. The Morgan fingerprint density at radius 1 is 1.13 bits per heavy atom. The van der Waals surface area contributed by atoms with Crippen molar-refractivity contribution in [1.29, 1.82) is 0 Å². The van der Waals surface area contributed by atoms with Crippen molar-refractivity contribution in [3.63, 3.8) is 0 Å². The van der Waals surface area contributed by atoms with Crippen molar-refractivity contribution in [1.82, 2.24) is 29.7 Å². The number of aromatic nitrogens is 4. The Bertz CT molecular complexity index is 1950. The molecule has 0 amide bonds. The van der Waals surface area contributed by atoms with Gasteiger partial charge in [0.15, 0.2) is 10.9 Å². The summed E-state index contributed by atoms with van der Waals surface area (Å²) in [7, 11) is 0. The lowest BCUT2D eigenvalue weighted by Crippen LogP contribution is -2.52. The van der Waals surface area contributed by atoms with Crippen molar-refractivity contribution in [2.45, 2.75) is 62.4 Å². The van der Waals surface area contributed by atoms with E-state index in [1.54, 1.807) is 0 Å². The molecule has 15 heteroatoms. The van der Waals surface area contributed by atoms with Crippen molar-refractivity contribution in [2.24, 2.45) is 5.92 Å². The summed E-state index contributed by atoms with van der Waals surface area (Å²) in [6.45, 7) is 3.81. The van der Waals surface area contributed by atoms with Crippen LogP contribution in [-0.4, -0.2) is 94.2 Å². The highest BCUT2D eigenvalue weighted by atomic mass is 32.1. The van der Waals surface area contributed by atoms with E-state index in [2.05, 4.69) is 25.1 Å². The topological polar surface area (TPSA) is 124 Å². The maximum atomic E-state index is 17.4. The van der Waals surface area contributed by atoms with Crippen LogP contribution in [-0.2, 0) is 11.3 Å². The summed E-state index contributed by atoms with van der Waals surface area (Å²) in [5.74, 6) is -0.939. The number of hydrogen-bond donors (Lipinski definition) is 2. The number of nitrogens with one attached hydrogen (secondary N) is 1. The summed E-state index contributed by atoms with van der Waals surface area (Å²) in [5, 5.41) is 3.67. The number of ether oxygens (including phenoxy) is 2. The van der Waals surface area contributed by atoms with Gasteiger partial charge in [-0.1, -0.05) is 11.3 Å². The second kappa shape index (κ2) is 11.0. The number of halogens is 3. The van der Waals surface area contributed by atoms with Gasteiger partial charge < -0.3 is 30.0 Å². The minimum absolute atomic E-state index is 0.0126. The minimum atomic E-state index is -0.935. The Balaban J connectivity index is 1.26. The van der Waals surface area contributed by atoms with Crippen LogP contribution in [0.4, 0.5) is 24.1 Å². The van der Waals surface area contributed by atoms with Crippen molar-refractivity contribution >= 4 is 43.4 Å². The second-order valence-corrected chi connectivity index (χ2v) is 14.7. The SMILES string of the molecule is Nc1nc2c(-c3c(F)c4nc(OC[C@@]56CCCN5C[C@H](F)C6)nc(N5C6CCC5CNC6)c4c(=O)n3CC3COC3)ccc(F)c2s1. The van der Waals surface area contributed by atoms with E-state index in [-0.39, 0.29) is 74.7 Å². The summed E-state index contributed by atoms with van der Waals surface area (Å²) in [6, 6.07) is 2.76. The van der Waals surface area contributed by atoms with Crippen molar-refractivity contribution in [2.75, 3.05) is 56.6 Å². The molecule has 5 saturated heterocycles. The number of pyridine rings is 1. The van der Waals surface area contributed by atoms with Gasteiger partial charge in [-0.3, -0.25) is 9.69 Å². The maximum Gasteiger partial charge on any atom is 0.319 e. The Kier molecular flexibility index (Phi) is 6.93. The van der Waals surface area contributed by atoms with Crippen LogP contribution in [0.25, 0.3) is 32.4 Å². The van der Waals surface area contributed by atoms with Crippen LogP contribution in [0.2, 0.25) is 0 Å². The van der Waals surface area contributed by atoms with Crippen LogP contribution in [0.3, 0.4) is 0 Å². The zero-order chi connectivity index (χ0) is 32.0. The molecule has 4 atom stereocenters. The van der Waals surface area contributed by atoms with Gasteiger partial charge in [-0.2, -0.15) is 9.97 Å². The molecule has 4 aromatic rings. The number of nitrogens with two attached hydrogens (primary N) is 1. The summed E-state index contributed by atoms with van der Waals surface area (Å²) in [4.78, 5) is 32.8. The summed E-state index contributed by atoms with van der Waals surface area (Å²) < 4.78 is 60.1. The molecule has 3 aromatic heterocycles. The highest BCUT2D eigenvalue weighted by Gasteiger charge is 2.49. The third kappa shape index (κ3) is 4.64. The van der Waals surface area contributed by atoms with Gasteiger partial charge >= 0.3 is 6.01 Å². The predicted molar refractivity (Wildman–Crippen MR) is 172 cm³/mol. The second-order valence-electron chi connectivity index (χ2n) is 13.7. The van der Waals surface area contributed by atoms with E-state index in [1.807, 2.05) is 0 Å². The minimum Gasteiger partial charge on any atom is -0.461 e. The predicted octanol–water partition coefficient (Wildman–Crippen LogP) is 3.47. The molecule has 2 unspecified atom stereocenters. The van der Waals surface area contributed by atoms with Crippen molar-refractivity contribution < 1.29 is 22.6 Å². The zero-order valence-corrected chi connectivity index (χ0v) is 26.5. The fourth-order valence-corrected chi connectivity index (χ4v) is 9.31. The molecule has 3 N–H and O–H groups in total. The number of nitrogens with zero attached hydrogens (tertiary/aromatic N) is 6. The number of thiazole rings is 1. The first-order valence-corrected chi connectivity index (χ1v) is 17.2. The molecule has 2 bridgehead atoms. The van der Waals surface area contributed by atoms with Gasteiger partial charge in [0, 0.05) is 56.2 Å². The lowest BCUT2D eigenvalue weighted by Gasteiger charge is -2.37. The number of benzene rings is 1. The summed E-state index contributed by atoms with van der Waals surface area (Å²) in [6.07, 6.45) is 2.98. The molecule has 5 fully saturated rings. The van der Waals surface area contributed by atoms with Crippen molar-refractivity contribution in [3.05, 3.63) is 34.1 Å². The van der Waals surface area contributed by atoms with Gasteiger partial charge in [-0.25, -0.2) is 18.2 Å². The van der Waals surface area contributed by atoms with E-state index >= 15 is 4.39 Å². The first-order chi connectivity index (χ1) is 22.8. The maximum absolute atomic E-state index is 17.4. The van der Waals surface area contributed by atoms with E-state index in [9.17, 15) is 13.6 Å². The van der Waals surface area contributed by atoms with Crippen LogP contribution in [0.15, 0.2) is 16.9 Å². The number of rotatable bonds is 7. The van der Waals surface area contributed by atoms with Gasteiger partial charge in [0.2, 0.25) is 0 Å². The normalized spacial score (nSPS) is 27.6. The van der Waals surface area contributed by atoms with Crippen LogP contribution in [0.5, 0.6) is 6.01 Å². The van der Waals surface area contributed by atoms with Crippen LogP contribution < -0.4 is 26.2 Å². The monoisotopic (exact) mass is 668 g/mol. The zero-order valence-electron chi connectivity index (χ0n) is 25.7. The molecule has 248 valence electrons. The molecule has 1 aromatic carbocycles. The third-order valence-corrected chi connectivity index (χ3v) is 11.7. The number of hydrogen-bond acceptors (Lipinski definition) is 11. The van der Waals surface area contributed by atoms with Crippen LogP contribution in [0, 0.1) is 17.6 Å². The molecule has 11 nitrogen and oxygen atoms in total. The number of nitrogen functional groups attached to an aromatic ring is 1. The lowest BCUT2D eigenvalue weighted by molar-refractivity contribution is -0.0396. The average Bonchev–Trinajstić information content (AvgIpc) is 3.76. The van der Waals surface area contributed by atoms with Crippen LogP contribution >= 0.6 is 11.3 Å². The third-order valence-electron chi connectivity index (χ3n) is 10.8. The molecule has 0 aliphatic carbocycles. The average molecular weight is 669 g/mol. The van der Waals surface area contributed by atoms with E-state index in [4.69, 9.17) is 20.2 Å². The molecule has 5 aliphatic rings. The Hall–Kier alpha value is -3.53. The van der Waals surface area contributed by atoms with Crippen LogP contribution in [0.1, 0.15) is 32.1 Å². The molecule has 0 radical (unpaired) electrons. The molecular formula is C32H35F3N8O3S. The Morgan fingerprint density at radius 2 is 1.94 bits per heavy atom. The largest absolute Gasteiger partial charge is 0.461 e. The van der Waals surface area contributed by atoms with Gasteiger partial charge in [0.1, 0.15) is 35.3 Å². The lowest BCUT2D eigenvalue weighted by atomic mass is 9.95. The first-order valence-electron chi connectivity index (χ1n) is 16.4. The number of piperazine rings is 1. The molecule has 0 spiro atoms. The van der Waals surface area contributed by atoms with E-state index in [1.165, 1.54) is 16.7 Å². The highest BCUT2D eigenvalue weighted by Crippen LogP contribution is 2.42. The van der Waals surface area contributed by atoms with Gasteiger partial charge in [0.05, 0.1) is 34.7 Å². The summed E-state index contributed by atoms with van der Waals surface area (Å²) >= 11 is 0.966. The van der Waals surface area contributed by atoms with Gasteiger partial charge in [-0.15, -0.1) is 0 Å². The summed E-state index contributed by atoms with van der Waals surface area (Å²) in [5.41, 5.74) is 5.29. The molecule has 47 heavy (non-hydrogen) atoms.